The molecule has 1 rings (SSSR count). The smallest absolute Gasteiger partial charge is 0.308 e. The van der Waals surface area contributed by atoms with E-state index in [-0.39, 0.29) is 23.5 Å². The molecule has 6 heteroatoms. The Morgan fingerprint density at radius 2 is 2.05 bits per heavy atom. The van der Waals surface area contributed by atoms with Crippen LogP contribution < -0.4 is 0 Å². The Balaban J connectivity index is 2.84. The van der Waals surface area contributed by atoms with Crippen LogP contribution >= 0.6 is 0 Å². The second-order valence-corrected chi connectivity index (χ2v) is 12.1. The van der Waals surface area contributed by atoms with Crippen molar-refractivity contribution in [3.05, 3.63) is 12.2 Å². The summed E-state index contributed by atoms with van der Waals surface area (Å²) in [7, 11) is -0.711. The van der Waals surface area contributed by atoms with Crippen LogP contribution in [0, 0.1) is 0 Å². The topological polar surface area (TPSA) is 61.8 Å². The lowest BCUT2D eigenvalue weighted by Crippen LogP contribution is -2.51. The number of carbonyl (C=O) groups excluding carboxylic acids is 2. The normalized spacial score (nSPS) is 26.6. The van der Waals surface area contributed by atoms with Gasteiger partial charge in [-0.3, -0.25) is 4.79 Å². The van der Waals surface area contributed by atoms with Crippen molar-refractivity contribution in [2.45, 2.75) is 70.1 Å². The first-order chi connectivity index (χ1) is 10.0. The second kappa shape index (κ2) is 7.06. The van der Waals surface area contributed by atoms with Gasteiger partial charge in [-0.2, -0.15) is 0 Å². The van der Waals surface area contributed by atoms with Gasteiger partial charge in [-0.15, -0.1) is 0 Å². The van der Waals surface area contributed by atoms with Crippen LogP contribution in [0.25, 0.3) is 0 Å². The Labute approximate surface area is 134 Å². The molecule has 1 aliphatic rings. The van der Waals surface area contributed by atoms with Gasteiger partial charge in [0.15, 0.2) is 14.6 Å². The number of esters is 1. The maximum atomic E-state index is 11.4. The van der Waals surface area contributed by atoms with Crippen molar-refractivity contribution in [2.24, 2.45) is 0 Å². The third kappa shape index (κ3) is 4.51. The summed E-state index contributed by atoms with van der Waals surface area (Å²) in [6.45, 7) is 14.7. The molecule has 1 fully saturated rings. The fourth-order valence-corrected chi connectivity index (χ4v) is 3.41. The highest BCUT2D eigenvalue weighted by atomic mass is 28.4. The highest BCUT2D eigenvalue weighted by Gasteiger charge is 2.44. The average Bonchev–Trinajstić information content (AvgIpc) is 2.39. The van der Waals surface area contributed by atoms with E-state index in [0.717, 1.165) is 11.9 Å². The molecule has 22 heavy (non-hydrogen) atoms. The molecule has 1 saturated heterocycles. The monoisotopic (exact) mass is 328 g/mol. The molecule has 1 aliphatic heterocycles. The zero-order valence-electron chi connectivity index (χ0n) is 14.5. The van der Waals surface area contributed by atoms with E-state index in [0.29, 0.717) is 6.42 Å². The number of methoxy groups -OCH3 is 1. The summed E-state index contributed by atoms with van der Waals surface area (Å²) in [5, 5.41) is 0.0313. The first kappa shape index (κ1) is 19.1. The molecule has 3 atom stereocenters. The van der Waals surface area contributed by atoms with Gasteiger partial charge in [0.1, 0.15) is 6.10 Å². The van der Waals surface area contributed by atoms with Crippen molar-refractivity contribution in [1.82, 2.24) is 0 Å². The van der Waals surface area contributed by atoms with Gasteiger partial charge < -0.3 is 18.7 Å². The molecule has 0 aromatic carbocycles. The molecule has 0 unspecified atom stereocenters. The Bertz CT molecular complexity index is 438. The van der Waals surface area contributed by atoms with E-state index in [1.807, 2.05) is 0 Å². The number of ether oxygens (including phenoxy) is 2. The van der Waals surface area contributed by atoms with Gasteiger partial charge in [-0.1, -0.05) is 27.4 Å². The maximum absolute atomic E-state index is 11.4. The van der Waals surface area contributed by atoms with E-state index in [9.17, 15) is 9.59 Å². The summed E-state index contributed by atoms with van der Waals surface area (Å²) in [5.41, 5.74) is 0.807. The standard InChI is InChI=1S/C16H28O5Si/c1-11-8-12(9-14(18)19-5)20-13(10-17)15(11)21-22(6,7)16(2,3)4/h10,12-13,15H,1,8-9H2,2-7H3/t12-,13+,15-/m0/s1. The second-order valence-electron chi connectivity index (χ2n) is 7.30. The lowest BCUT2D eigenvalue weighted by atomic mass is 9.95. The molecule has 0 aliphatic carbocycles. The van der Waals surface area contributed by atoms with Crippen LogP contribution in [0.15, 0.2) is 12.2 Å². The van der Waals surface area contributed by atoms with Crippen LogP contribution in [0.5, 0.6) is 0 Å². The number of hydrogen-bond acceptors (Lipinski definition) is 5. The molecule has 0 radical (unpaired) electrons. The van der Waals surface area contributed by atoms with Crippen molar-refractivity contribution < 1.29 is 23.5 Å². The number of carbonyl (C=O) groups is 2. The average molecular weight is 328 g/mol. The van der Waals surface area contributed by atoms with Gasteiger partial charge in [-0.05, 0) is 30.1 Å². The van der Waals surface area contributed by atoms with Crippen molar-refractivity contribution >= 4 is 20.6 Å². The van der Waals surface area contributed by atoms with Crippen LogP contribution in [0.3, 0.4) is 0 Å². The van der Waals surface area contributed by atoms with Crippen LogP contribution in [0.2, 0.25) is 18.1 Å². The summed E-state index contributed by atoms with van der Waals surface area (Å²) < 4.78 is 16.7. The summed E-state index contributed by atoms with van der Waals surface area (Å²) in [4.78, 5) is 22.8. The van der Waals surface area contributed by atoms with Crippen molar-refractivity contribution in [1.29, 1.82) is 0 Å². The van der Waals surface area contributed by atoms with E-state index < -0.39 is 20.5 Å². The molecule has 0 N–H and O–H groups in total. The highest BCUT2D eigenvalue weighted by molar-refractivity contribution is 6.74. The van der Waals surface area contributed by atoms with Crippen molar-refractivity contribution in [3.8, 4) is 0 Å². The molecule has 0 saturated carbocycles. The van der Waals surface area contributed by atoms with Crippen LogP contribution in [0.1, 0.15) is 33.6 Å². The molecule has 1 heterocycles. The van der Waals surface area contributed by atoms with Crippen LogP contribution in [-0.4, -0.2) is 46.0 Å². The molecular weight excluding hydrogens is 300 g/mol. The van der Waals surface area contributed by atoms with Crippen LogP contribution in [-0.2, 0) is 23.5 Å². The van der Waals surface area contributed by atoms with E-state index in [1.54, 1.807) is 0 Å². The fraction of sp³-hybridized carbons (Fsp3) is 0.750. The molecule has 0 bridgehead atoms. The minimum Gasteiger partial charge on any atom is -0.469 e. The third-order valence-corrected chi connectivity index (χ3v) is 8.98. The molecule has 5 nitrogen and oxygen atoms in total. The quantitative estimate of drug-likeness (QED) is 0.336. The molecule has 126 valence electrons. The predicted octanol–water partition coefficient (Wildman–Crippen LogP) is 2.85. The molecule has 0 amide bonds. The van der Waals surface area contributed by atoms with Gasteiger partial charge in [0, 0.05) is 0 Å². The molecule has 0 aromatic rings. The number of aldehydes is 1. The van der Waals surface area contributed by atoms with E-state index in [2.05, 4.69) is 45.2 Å². The highest BCUT2D eigenvalue weighted by Crippen LogP contribution is 2.40. The maximum Gasteiger partial charge on any atom is 0.308 e. The van der Waals surface area contributed by atoms with E-state index in [1.165, 1.54) is 7.11 Å². The zero-order chi connectivity index (χ0) is 17.1. The fourth-order valence-electron chi connectivity index (χ4n) is 2.12. The van der Waals surface area contributed by atoms with Gasteiger partial charge in [0.25, 0.3) is 0 Å². The molecule has 0 aromatic heterocycles. The number of rotatable bonds is 5. The minimum atomic E-state index is -2.04. The Kier molecular flexibility index (Phi) is 6.12. The van der Waals surface area contributed by atoms with Crippen molar-refractivity contribution in [2.75, 3.05) is 7.11 Å². The van der Waals surface area contributed by atoms with Crippen LogP contribution in [0.4, 0.5) is 0 Å². The van der Waals surface area contributed by atoms with E-state index >= 15 is 0 Å². The summed E-state index contributed by atoms with van der Waals surface area (Å²) in [5.74, 6) is -0.355. The predicted molar refractivity (Wildman–Crippen MR) is 87.2 cm³/mol. The molecule has 0 spiro atoms. The largest absolute Gasteiger partial charge is 0.469 e. The van der Waals surface area contributed by atoms with Gasteiger partial charge in [0.2, 0.25) is 0 Å². The number of hydrogen-bond donors (Lipinski definition) is 0. The summed E-state index contributed by atoms with van der Waals surface area (Å²) in [6, 6.07) is 0. The van der Waals surface area contributed by atoms with Gasteiger partial charge in [-0.25, -0.2) is 0 Å². The zero-order valence-corrected chi connectivity index (χ0v) is 15.5. The van der Waals surface area contributed by atoms with Gasteiger partial charge >= 0.3 is 5.97 Å². The SMILES string of the molecule is C=C1C[C@@H](CC(=O)OC)O[C@H](C=O)[C@H]1O[Si](C)(C)C(C)(C)C. The first-order valence-corrected chi connectivity index (χ1v) is 10.5. The molecular formula is C16H28O5Si. The minimum absolute atomic E-state index is 0.0313. The first-order valence-electron chi connectivity index (χ1n) is 7.55. The Morgan fingerprint density at radius 1 is 1.45 bits per heavy atom. The summed E-state index contributed by atoms with van der Waals surface area (Å²) in [6.07, 6.45) is -0.176. The third-order valence-electron chi connectivity index (χ3n) is 4.52. The van der Waals surface area contributed by atoms with Gasteiger partial charge in [0.05, 0.1) is 25.7 Å². The Morgan fingerprint density at radius 3 is 2.50 bits per heavy atom. The van der Waals surface area contributed by atoms with E-state index in [4.69, 9.17) is 9.16 Å². The summed E-state index contributed by atoms with van der Waals surface area (Å²) >= 11 is 0. The lowest BCUT2D eigenvalue weighted by molar-refractivity contribution is -0.151. The lowest BCUT2D eigenvalue weighted by Gasteiger charge is -2.43. The van der Waals surface area contributed by atoms with Crippen molar-refractivity contribution in [3.63, 3.8) is 0 Å². The Hall–Kier alpha value is -0.983.